The second kappa shape index (κ2) is 7.55. The van der Waals surface area contributed by atoms with Crippen molar-refractivity contribution < 1.29 is 24.2 Å². The predicted molar refractivity (Wildman–Crippen MR) is 83.4 cm³/mol. The number of carboxylic acid groups (broad SMARTS) is 1. The van der Waals surface area contributed by atoms with Crippen LogP contribution in [-0.4, -0.2) is 58.8 Å². The van der Waals surface area contributed by atoms with Crippen molar-refractivity contribution in [3.63, 3.8) is 0 Å². The summed E-state index contributed by atoms with van der Waals surface area (Å²) in [5.41, 5.74) is 1.37. The van der Waals surface area contributed by atoms with Crippen molar-refractivity contribution in [3.05, 3.63) is 35.7 Å². The van der Waals surface area contributed by atoms with E-state index in [0.717, 1.165) is 5.69 Å². The van der Waals surface area contributed by atoms with Crippen LogP contribution >= 0.6 is 0 Å². The number of rotatable bonds is 7. The van der Waals surface area contributed by atoms with Crippen LogP contribution in [0.4, 0.5) is 0 Å². The number of aromatic nitrogens is 3. The van der Waals surface area contributed by atoms with Crippen LogP contribution in [0.1, 0.15) is 16.2 Å². The van der Waals surface area contributed by atoms with Crippen molar-refractivity contribution in [2.24, 2.45) is 0 Å². The van der Waals surface area contributed by atoms with Crippen molar-refractivity contribution in [1.29, 1.82) is 0 Å². The van der Waals surface area contributed by atoms with Gasteiger partial charge in [0.05, 0.1) is 25.0 Å². The molecule has 0 aliphatic carbocycles. The van der Waals surface area contributed by atoms with E-state index in [4.69, 9.17) is 14.6 Å². The normalized spacial score (nSPS) is 11.8. The van der Waals surface area contributed by atoms with Crippen molar-refractivity contribution in [1.82, 2.24) is 20.3 Å². The number of nitrogens with one attached hydrogen (secondary N) is 1. The van der Waals surface area contributed by atoms with Gasteiger partial charge in [-0.3, -0.25) is 4.79 Å². The van der Waals surface area contributed by atoms with Gasteiger partial charge < -0.3 is 19.9 Å². The van der Waals surface area contributed by atoms with Crippen LogP contribution in [0.15, 0.2) is 24.3 Å². The molecule has 128 valence electrons. The van der Waals surface area contributed by atoms with Crippen LogP contribution in [0.3, 0.4) is 0 Å². The second-order valence-electron chi connectivity index (χ2n) is 4.91. The van der Waals surface area contributed by atoms with Crippen molar-refractivity contribution in [2.45, 2.75) is 13.0 Å². The number of hydrogen-bond acceptors (Lipinski definition) is 6. The first-order valence-corrected chi connectivity index (χ1v) is 7.08. The standard InChI is InChI=1S/C15H18N4O5/c1-9-13(14(20)16-8-12(24-3)15(21)22)17-18-19(9)10-4-6-11(23-2)7-5-10/h4-7,12H,8H2,1-3H3,(H,16,20)(H,21,22). The molecule has 1 aromatic carbocycles. The summed E-state index contributed by atoms with van der Waals surface area (Å²) in [6.07, 6.45) is -1.12. The number of aliphatic carboxylic acids is 1. The molecule has 0 radical (unpaired) electrons. The maximum atomic E-state index is 12.2. The van der Waals surface area contributed by atoms with Crippen LogP contribution in [0.2, 0.25) is 0 Å². The summed E-state index contributed by atoms with van der Waals surface area (Å²) in [5, 5.41) is 19.2. The van der Waals surface area contributed by atoms with Crippen molar-refractivity contribution in [2.75, 3.05) is 20.8 Å². The van der Waals surface area contributed by atoms with E-state index in [-0.39, 0.29) is 12.2 Å². The van der Waals surface area contributed by atoms with E-state index >= 15 is 0 Å². The summed E-state index contributed by atoms with van der Waals surface area (Å²) in [5.74, 6) is -0.972. The van der Waals surface area contributed by atoms with Gasteiger partial charge in [-0.25, -0.2) is 9.48 Å². The molecule has 1 atom stereocenters. The lowest BCUT2D eigenvalue weighted by Crippen LogP contribution is -2.38. The van der Waals surface area contributed by atoms with Gasteiger partial charge in [-0.1, -0.05) is 5.21 Å². The van der Waals surface area contributed by atoms with Crippen LogP contribution in [0.5, 0.6) is 5.75 Å². The third-order valence-corrected chi connectivity index (χ3v) is 3.43. The summed E-state index contributed by atoms with van der Waals surface area (Å²) < 4.78 is 11.4. The largest absolute Gasteiger partial charge is 0.497 e. The molecule has 2 rings (SSSR count). The molecule has 1 amide bonds. The maximum absolute atomic E-state index is 12.2. The minimum atomic E-state index is -1.16. The van der Waals surface area contributed by atoms with Gasteiger partial charge in [-0.2, -0.15) is 0 Å². The summed E-state index contributed by atoms with van der Waals surface area (Å²) >= 11 is 0. The topological polar surface area (TPSA) is 116 Å². The number of carboxylic acids is 1. The molecule has 0 saturated heterocycles. The van der Waals surface area contributed by atoms with Crippen LogP contribution in [0, 0.1) is 6.92 Å². The quantitative estimate of drug-likeness (QED) is 0.753. The Morgan fingerprint density at radius 2 is 1.96 bits per heavy atom. The molecule has 9 nitrogen and oxygen atoms in total. The Labute approximate surface area is 138 Å². The summed E-state index contributed by atoms with van der Waals surface area (Å²) in [4.78, 5) is 23.0. The summed E-state index contributed by atoms with van der Waals surface area (Å²) in [7, 11) is 2.83. The minimum Gasteiger partial charge on any atom is -0.497 e. The number of carbonyl (C=O) groups excluding carboxylic acids is 1. The molecule has 2 aromatic rings. The van der Waals surface area contributed by atoms with E-state index in [0.29, 0.717) is 11.4 Å². The van der Waals surface area contributed by atoms with Gasteiger partial charge >= 0.3 is 5.97 Å². The average molecular weight is 334 g/mol. The average Bonchev–Trinajstić information content (AvgIpc) is 2.96. The fourth-order valence-corrected chi connectivity index (χ4v) is 2.05. The highest BCUT2D eigenvalue weighted by molar-refractivity contribution is 5.93. The Morgan fingerprint density at radius 1 is 1.29 bits per heavy atom. The van der Waals surface area contributed by atoms with Crippen LogP contribution in [0.25, 0.3) is 5.69 Å². The molecule has 0 aliphatic heterocycles. The van der Waals surface area contributed by atoms with Gasteiger partial charge in [0.25, 0.3) is 5.91 Å². The molecule has 0 saturated carbocycles. The molecular weight excluding hydrogens is 316 g/mol. The van der Waals surface area contributed by atoms with E-state index in [1.54, 1.807) is 38.3 Å². The van der Waals surface area contributed by atoms with Gasteiger partial charge in [0.2, 0.25) is 0 Å². The zero-order valence-corrected chi connectivity index (χ0v) is 13.5. The lowest BCUT2D eigenvalue weighted by molar-refractivity contribution is -0.148. The van der Waals surface area contributed by atoms with Gasteiger partial charge in [-0.05, 0) is 31.2 Å². The smallest absolute Gasteiger partial charge is 0.334 e. The molecule has 0 aliphatic rings. The number of methoxy groups -OCH3 is 2. The molecule has 1 aromatic heterocycles. The third kappa shape index (κ3) is 3.69. The van der Waals surface area contributed by atoms with E-state index in [1.807, 2.05) is 0 Å². The molecule has 1 heterocycles. The van der Waals surface area contributed by atoms with Crippen molar-refractivity contribution >= 4 is 11.9 Å². The van der Waals surface area contributed by atoms with E-state index in [2.05, 4.69) is 15.6 Å². The molecule has 2 N–H and O–H groups in total. The highest BCUT2D eigenvalue weighted by Crippen LogP contribution is 2.16. The summed E-state index contributed by atoms with van der Waals surface area (Å²) in [6, 6.07) is 7.11. The Balaban J connectivity index is 2.13. The SMILES string of the molecule is COc1ccc(-n2nnc(C(=O)NCC(OC)C(=O)O)c2C)cc1. The molecular formula is C15H18N4O5. The van der Waals surface area contributed by atoms with E-state index in [9.17, 15) is 9.59 Å². The van der Waals surface area contributed by atoms with E-state index < -0.39 is 18.0 Å². The van der Waals surface area contributed by atoms with Gasteiger partial charge in [0.1, 0.15) is 5.75 Å². The molecule has 1 unspecified atom stereocenters. The van der Waals surface area contributed by atoms with Crippen molar-refractivity contribution in [3.8, 4) is 11.4 Å². The number of carbonyl (C=O) groups is 2. The van der Waals surface area contributed by atoms with Crippen LogP contribution in [-0.2, 0) is 9.53 Å². The fourth-order valence-electron chi connectivity index (χ4n) is 2.05. The Hall–Kier alpha value is -2.94. The van der Waals surface area contributed by atoms with Gasteiger partial charge in [0.15, 0.2) is 11.8 Å². The number of ether oxygens (including phenoxy) is 2. The molecule has 0 spiro atoms. The van der Waals surface area contributed by atoms with Gasteiger partial charge in [0, 0.05) is 7.11 Å². The monoisotopic (exact) mass is 334 g/mol. The molecule has 9 heteroatoms. The Kier molecular flexibility index (Phi) is 5.48. The maximum Gasteiger partial charge on any atom is 0.334 e. The zero-order valence-electron chi connectivity index (χ0n) is 13.5. The highest BCUT2D eigenvalue weighted by atomic mass is 16.5. The Morgan fingerprint density at radius 3 is 2.50 bits per heavy atom. The lowest BCUT2D eigenvalue weighted by Gasteiger charge is -2.11. The predicted octanol–water partition coefficient (Wildman–Crippen LogP) is 0.414. The number of benzene rings is 1. The first-order valence-electron chi connectivity index (χ1n) is 7.08. The molecule has 24 heavy (non-hydrogen) atoms. The lowest BCUT2D eigenvalue weighted by atomic mass is 10.2. The highest BCUT2D eigenvalue weighted by Gasteiger charge is 2.21. The third-order valence-electron chi connectivity index (χ3n) is 3.43. The first-order chi connectivity index (χ1) is 11.5. The zero-order chi connectivity index (χ0) is 17.7. The molecule has 0 bridgehead atoms. The second-order valence-corrected chi connectivity index (χ2v) is 4.91. The van der Waals surface area contributed by atoms with Crippen LogP contribution < -0.4 is 10.1 Å². The van der Waals surface area contributed by atoms with Gasteiger partial charge in [-0.15, -0.1) is 5.10 Å². The number of hydrogen-bond donors (Lipinski definition) is 2. The fraction of sp³-hybridized carbons (Fsp3) is 0.333. The minimum absolute atomic E-state index is 0.117. The molecule has 0 fully saturated rings. The summed E-state index contributed by atoms with van der Waals surface area (Å²) in [6.45, 7) is 1.53. The first kappa shape index (κ1) is 17.4. The number of amides is 1. The van der Waals surface area contributed by atoms with E-state index in [1.165, 1.54) is 11.8 Å². The Bertz CT molecular complexity index is 726. The number of nitrogens with zero attached hydrogens (tertiary/aromatic N) is 3.